The molecule has 82 valence electrons. The molecule has 0 saturated heterocycles. The van der Waals surface area contributed by atoms with Crippen LogP contribution in [0.25, 0.3) is 0 Å². The summed E-state index contributed by atoms with van der Waals surface area (Å²) < 4.78 is 1.04. The lowest BCUT2D eigenvalue weighted by atomic mass is 10.2. The molecule has 0 aliphatic rings. The lowest BCUT2D eigenvalue weighted by Gasteiger charge is -2.20. The molecule has 0 aliphatic heterocycles. The molecule has 4 heteroatoms. The summed E-state index contributed by atoms with van der Waals surface area (Å²) in [5.74, 6) is -0.0864. The summed E-state index contributed by atoms with van der Waals surface area (Å²) in [5.41, 5.74) is 7.50. The Balaban J connectivity index is 2.97. The molecule has 0 aliphatic carbocycles. The molecular weight excluding hydrogens is 256 g/mol. The van der Waals surface area contributed by atoms with Gasteiger partial charge in [0.15, 0.2) is 0 Å². The average molecular weight is 271 g/mol. The van der Waals surface area contributed by atoms with Crippen molar-refractivity contribution < 1.29 is 4.79 Å². The van der Waals surface area contributed by atoms with E-state index in [2.05, 4.69) is 15.9 Å². The predicted molar refractivity (Wildman–Crippen MR) is 65.9 cm³/mol. The van der Waals surface area contributed by atoms with E-state index < -0.39 is 6.04 Å². The lowest BCUT2D eigenvalue weighted by molar-refractivity contribution is -0.119. The van der Waals surface area contributed by atoms with E-state index in [1.807, 2.05) is 25.1 Å². The number of carbonyl (C=O) groups is 1. The maximum atomic E-state index is 11.6. The predicted octanol–water partition coefficient (Wildman–Crippen LogP) is 2.07. The summed E-state index contributed by atoms with van der Waals surface area (Å²) in [6, 6.07) is 5.29. The molecule has 0 unspecified atom stereocenters. The summed E-state index contributed by atoms with van der Waals surface area (Å²) >= 11 is 3.42. The number of hydrogen-bond donors (Lipinski definition) is 1. The standard InChI is InChI=1S/C11H15BrN2O/c1-7-6-9(4-5-10(7)12)14(3)11(15)8(2)13/h4-6,8H,13H2,1-3H3/t8-/m0/s1. The van der Waals surface area contributed by atoms with Gasteiger partial charge in [-0.2, -0.15) is 0 Å². The largest absolute Gasteiger partial charge is 0.320 e. The van der Waals surface area contributed by atoms with E-state index in [1.54, 1.807) is 18.9 Å². The van der Waals surface area contributed by atoms with Crippen molar-refractivity contribution in [1.82, 2.24) is 0 Å². The highest BCUT2D eigenvalue weighted by atomic mass is 79.9. The number of halogens is 1. The van der Waals surface area contributed by atoms with Gasteiger partial charge in [0.2, 0.25) is 5.91 Å². The van der Waals surface area contributed by atoms with Crippen LogP contribution in [-0.2, 0) is 4.79 Å². The Morgan fingerprint density at radius 1 is 1.53 bits per heavy atom. The maximum Gasteiger partial charge on any atom is 0.243 e. The van der Waals surface area contributed by atoms with Gasteiger partial charge in [-0.3, -0.25) is 4.79 Å². The van der Waals surface area contributed by atoms with Gasteiger partial charge >= 0.3 is 0 Å². The van der Waals surface area contributed by atoms with Crippen molar-refractivity contribution in [2.75, 3.05) is 11.9 Å². The number of nitrogens with zero attached hydrogens (tertiary/aromatic N) is 1. The SMILES string of the molecule is Cc1cc(N(C)C(=O)[C@H](C)N)ccc1Br. The fourth-order valence-electron chi connectivity index (χ4n) is 1.27. The first kappa shape index (κ1) is 12.2. The van der Waals surface area contributed by atoms with Gasteiger partial charge in [0.25, 0.3) is 0 Å². The number of aryl methyl sites for hydroxylation is 1. The number of carbonyl (C=O) groups excluding carboxylic acids is 1. The molecule has 3 nitrogen and oxygen atoms in total. The van der Waals surface area contributed by atoms with E-state index in [9.17, 15) is 4.79 Å². The smallest absolute Gasteiger partial charge is 0.243 e. The van der Waals surface area contributed by atoms with E-state index in [1.165, 1.54) is 0 Å². The first-order valence-electron chi connectivity index (χ1n) is 4.72. The second kappa shape index (κ2) is 4.77. The van der Waals surface area contributed by atoms with Gasteiger partial charge in [0.05, 0.1) is 6.04 Å². The molecule has 0 heterocycles. The molecule has 0 radical (unpaired) electrons. The van der Waals surface area contributed by atoms with E-state index in [4.69, 9.17) is 5.73 Å². The van der Waals surface area contributed by atoms with Crippen LogP contribution in [0, 0.1) is 6.92 Å². The fourth-order valence-corrected chi connectivity index (χ4v) is 1.52. The number of likely N-dealkylation sites (N-methyl/N-ethyl adjacent to an activating group) is 1. The van der Waals surface area contributed by atoms with Gasteiger partial charge in [0.1, 0.15) is 0 Å². The van der Waals surface area contributed by atoms with Crippen molar-refractivity contribution in [2.24, 2.45) is 5.73 Å². The van der Waals surface area contributed by atoms with Crippen molar-refractivity contribution in [1.29, 1.82) is 0 Å². The highest BCUT2D eigenvalue weighted by Gasteiger charge is 2.15. The monoisotopic (exact) mass is 270 g/mol. The van der Waals surface area contributed by atoms with Crippen molar-refractivity contribution in [3.05, 3.63) is 28.2 Å². The lowest BCUT2D eigenvalue weighted by Crippen LogP contribution is -2.39. The van der Waals surface area contributed by atoms with Crippen LogP contribution in [0.4, 0.5) is 5.69 Å². The molecular formula is C11H15BrN2O. The summed E-state index contributed by atoms with van der Waals surface area (Å²) in [6.07, 6.45) is 0. The Kier molecular flexibility index (Phi) is 3.88. The zero-order valence-corrected chi connectivity index (χ0v) is 10.7. The molecule has 2 N–H and O–H groups in total. The summed E-state index contributed by atoms with van der Waals surface area (Å²) in [5, 5.41) is 0. The van der Waals surface area contributed by atoms with Crippen molar-refractivity contribution in [3.63, 3.8) is 0 Å². The minimum absolute atomic E-state index is 0.0864. The molecule has 1 aromatic carbocycles. The van der Waals surface area contributed by atoms with E-state index in [0.717, 1.165) is 15.7 Å². The third-order valence-electron chi connectivity index (χ3n) is 2.25. The van der Waals surface area contributed by atoms with Crippen LogP contribution < -0.4 is 10.6 Å². The van der Waals surface area contributed by atoms with Crippen LogP contribution in [0.15, 0.2) is 22.7 Å². The van der Waals surface area contributed by atoms with Crippen molar-refractivity contribution in [2.45, 2.75) is 19.9 Å². The highest BCUT2D eigenvalue weighted by Crippen LogP contribution is 2.22. The molecule has 0 saturated carbocycles. The second-order valence-corrected chi connectivity index (χ2v) is 4.47. The number of anilines is 1. The highest BCUT2D eigenvalue weighted by molar-refractivity contribution is 9.10. The zero-order chi connectivity index (χ0) is 11.6. The number of nitrogens with two attached hydrogens (primary N) is 1. The number of rotatable bonds is 2. The van der Waals surface area contributed by atoms with E-state index >= 15 is 0 Å². The molecule has 0 aromatic heterocycles. The fraction of sp³-hybridized carbons (Fsp3) is 0.364. The number of benzene rings is 1. The Hall–Kier alpha value is -0.870. The Morgan fingerprint density at radius 3 is 2.60 bits per heavy atom. The van der Waals surface area contributed by atoms with Gasteiger partial charge < -0.3 is 10.6 Å². The van der Waals surface area contributed by atoms with Crippen molar-refractivity contribution in [3.8, 4) is 0 Å². The molecule has 1 rings (SSSR count). The number of hydrogen-bond acceptors (Lipinski definition) is 2. The zero-order valence-electron chi connectivity index (χ0n) is 9.12. The van der Waals surface area contributed by atoms with Crippen LogP contribution in [0.1, 0.15) is 12.5 Å². The van der Waals surface area contributed by atoms with Crippen LogP contribution in [0.3, 0.4) is 0 Å². The molecule has 1 amide bonds. The van der Waals surface area contributed by atoms with Crippen LogP contribution >= 0.6 is 15.9 Å². The number of amides is 1. The molecule has 1 atom stereocenters. The van der Waals surface area contributed by atoms with Gasteiger partial charge in [-0.25, -0.2) is 0 Å². The van der Waals surface area contributed by atoms with E-state index in [-0.39, 0.29) is 5.91 Å². The van der Waals surface area contributed by atoms with Crippen molar-refractivity contribution >= 4 is 27.5 Å². The van der Waals surface area contributed by atoms with Crippen LogP contribution in [0.2, 0.25) is 0 Å². The second-order valence-electron chi connectivity index (χ2n) is 3.62. The third-order valence-corrected chi connectivity index (χ3v) is 3.14. The Morgan fingerprint density at radius 2 is 2.13 bits per heavy atom. The maximum absolute atomic E-state index is 11.6. The Bertz CT molecular complexity index is 377. The molecule has 1 aromatic rings. The van der Waals surface area contributed by atoms with Gasteiger partial charge in [-0.15, -0.1) is 0 Å². The van der Waals surface area contributed by atoms with E-state index in [0.29, 0.717) is 0 Å². The summed E-state index contributed by atoms with van der Waals surface area (Å²) in [4.78, 5) is 13.2. The first-order valence-corrected chi connectivity index (χ1v) is 5.52. The molecule has 0 bridgehead atoms. The molecule has 0 fully saturated rings. The summed E-state index contributed by atoms with van der Waals surface area (Å²) in [7, 11) is 1.73. The third kappa shape index (κ3) is 2.79. The molecule has 15 heavy (non-hydrogen) atoms. The van der Waals surface area contributed by atoms with Gasteiger partial charge in [-0.1, -0.05) is 15.9 Å². The normalized spacial score (nSPS) is 12.3. The van der Waals surface area contributed by atoms with Crippen LogP contribution in [-0.4, -0.2) is 19.0 Å². The molecule has 0 spiro atoms. The first-order chi connectivity index (χ1) is 6.93. The minimum Gasteiger partial charge on any atom is -0.320 e. The van der Waals surface area contributed by atoms with Gasteiger partial charge in [0, 0.05) is 17.2 Å². The average Bonchev–Trinajstić information content (AvgIpc) is 2.19. The minimum atomic E-state index is -0.473. The summed E-state index contributed by atoms with van der Waals surface area (Å²) in [6.45, 7) is 3.67. The topological polar surface area (TPSA) is 46.3 Å². The Labute approximate surface area is 98.4 Å². The van der Waals surface area contributed by atoms with Crippen LogP contribution in [0.5, 0.6) is 0 Å². The van der Waals surface area contributed by atoms with Gasteiger partial charge in [-0.05, 0) is 37.6 Å². The quantitative estimate of drug-likeness (QED) is 0.895.